The molecule has 2 aliphatic rings. The van der Waals surface area contributed by atoms with Crippen LogP contribution in [-0.2, 0) is 20.6 Å². The Balaban J connectivity index is 2.34. The van der Waals surface area contributed by atoms with Crippen molar-refractivity contribution >= 4 is 23.3 Å². The Morgan fingerprint density at radius 2 is 1.59 bits per heavy atom. The Morgan fingerprint density at radius 3 is 2.09 bits per heavy atom. The van der Waals surface area contributed by atoms with E-state index in [1.54, 1.807) is 19.2 Å². The number of nitrogens with one attached hydrogen (secondary N) is 1. The van der Waals surface area contributed by atoms with E-state index < -0.39 is 63.1 Å². The summed E-state index contributed by atoms with van der Waals surface area (Å²) in [6.45, 7) is 7.20. The van der Waals surface area contributed by atoms with Gasteiger partial charge in [0, 0.05) is 23.2 Å². The van der Waals surface area contributed by atoms with E-state index in [4.69, 9.17) is 0 Å². The van der Waals surface area contributed by atoms with E-state index in [-0.39, 0.29) is 18.5 Å². The van der Waals surface area contributed by atoms with Crippen LogP contribution in [0.15, 0.2) is 35.5 Å². The Morgan fingerprint density at radius 1 is 1.00 bits per heavy atom. The Bertz CT molecular complexity index is 1100. The average molecular weight is 490 g/mol. The summed E-state index contributed by atoms with van der Waals surface area (Å²) in [6.07, 6.45) is -10.8. The van der Waals surface area contributed by atoms with Crippen LogP contribution in [0.25, 0.3) is 0 Å². The monoisotopic (exact) mass is 490 g/mol. The summed E-state index contributed by atoms with van der Waals surface area (Å²) < 4.78 is 84.0. The van der Waals surface area contributed by atoms with Gasteiger partial charge in [-0.3, -0.25) is 19.3 Å². The summed E-state index contributed by atoms with van der Waals surface area (Å²) >= 11 is 0. The van der Waals surface area contributed by atoms with Crippen LogP contribution < -0.4 is 10.2 Å². The standard InChI is InChI=1S/C23H24F6N2O3/c1-19(2,3)17(33)30-21(23(27,28)29)16-14(10-20(4,5)11-15(16)32)31(18(21)34)13-8-6-7-12(9-13)22(24,25)26/h6-9H,10-11H2,1-5H3,(H,30,33). The average Bonchev–Trinajstić information content (AvgIpc) is 2.88. The molecule has 5 nitrogen and oxygen atoms in total. The molecular weight excluding hydrogens is 466 g/mol. The molecule has 1 unspecified atom stereocenters. The molecule has 0 saturated carbocycles. The van der Waals surface area contributed by atoms with Gasteiger partial charge in [-0.15, -0.1) is 0 Å². The van der Waals surface area contributed by atoms with Crippen molar-refractivity contribution < 1.29 is 40.7 Å². The molecule has 1 aliphatic carbocycles. The number of carbonyl (C=O) groups is 3. The normalized spacial score (nSPS) is 23.3. The van der Waals surface area contributed by atoms with E-state index in [9.17, 15) is 40.7 Å². The van der Waals surface area contributed by atoms with Crippen molar-refractivity contribution in [2.75, 3.05) is 4.90 Å². The van der Waals surface area contributed by atoms with E-state index in [2.05, 4.69) is 0 Å². The van der Waals surface area contributed by atoms with Gasteiger partial charge in [-0.25, -0.2) is 0 Å². The van der Waals surface area contributed by atoms with Crippen molar-refractivity contribution in [3.8, 4) is 0 Å². The fourth-order valence-electron chi connectivity index (χ4n) is 4.20. The second-order valence-electron chi connectivity index (χ2n) is 10.4. The second kappa shape index (κ2) is 7.58. The molecule has 0 radical (unpaired) electrons. The molecule has 1 heterocycles. The molecule has 1 aliphatic heterocycles. The molecule has 0 bridgehead atoms. The minimum atomic E-state index is -5.45. The number of hydrogen-bond acceptors (Lipinski definition) is 3. The Labute approximate surface area is 192 Å². The number of alkyl halides is 6. The van der Waals surface area contributed by atoms with Crippen molar-refractivity contribution in [3.05, 3.63) is 41.1 Å². The maximum Gasteiger partial charge on any atom is 0.425 e. The van der Waals surface area contributed by atoms with E-state index >= 15 is 0 Å². The quantitative estimate of drug-likeness (QED) is 0.583. The Kier molecular flexibility index (Phi) is 5.74. The third-order valence-electron chi connectivity index (χ3n) is 5.86. The van der Waals surface area contributed by atoms with Crippen LogP contribution in [0.5, 0.6) is 0 Å². The topological polar surface area (TPSA) is 66.5 Å². The number of nitrogens with zero attached hydrogens (tertiary/aromatic N) is 1. The highest BCUT2D eigenvalue weighted by Gasteiger charge is 2.72. The molecule has 1 atom stereocenters. The van der Waals surface area contributed by atoms with Gasteiger partial charge in [0.15, 0.2) is 5.78 Å². The lowest BCUT2D eigenvalue weighted by molar-refractivity contribution is -0.191. The number of Topliss-reactive ketones (excluding diaryl/α,β-unsaturated/α-hetero) is 1. The molecule has 1 aromatic carbocycles. The first kappa shape index (κ1) is 25.8. The van der Waals surface area contributed by atoms with Crippen LogP contribution in [-0.4, -0.2) is 29.3 Å². The van der Waals surface area contributed by atoms with Crippen molar-refractivity contribution in [2.24, 2.45) is 10.8 Å². The maximum atomic E-state index is 14.7. The van der Waals surface area contributed by atoms with Crippen LogP contribution in [0.3, 0.4) is 0 Å². The van der Waals surface area contributed by atoms with Gasteiger partial charge in [0.05, 0.1) is 11.1 Å². The van der Waals surface area contributed by atoms with Crippen LogP contribution in [0.1, 0.15) is 53.0 Å². The highest BCUT2D eigenvalue weighted by molar-refractivity contribution is 6.20. The van der Waals surface area contributed by atoms with E-state index in [0.29, 0.717) is 17.0 Å². The molecular formula is C23H24F6N2O3. The summed E-state index contributed by atoms with van der Waals surface area (Å²) in [5, 5.41) is 1.77. The zero-order valence-electron chi connectivity index (χ0n) is 19.2. The largest absolute Gasteiger partial charge is 0.425 e. The van der Waals surface area contributed by atoms with E-state index in [0.717, 1.165) is 12.1 Å². The fourth-order valence-corrected chi connectivity index (χ4v) is 4.20. The van der Waals surface area contributed by atoms with Crippen molar-refractivity contribution in [1.82, 2.24) is 5.32 Å². The van der Waals surface area contributed by atoms with Gasteiger partial charge in [0.1, 0.15) is 0 Å². The molecule has 0 aromatic heterocycles. The molecule has 186 valence electrons. The number of anilines is 1. The van der Waals surface area contributed by atoms with Crippen LogP contribution in [0.2, 0.25) is 0 Å². The lowest BCUT2D eigenvalue weighted by Gasteiger charge is -2.37. The lowest BCUT2D eigenvalue weighted by Crippen LogP contribution is -2.67. The third-order valence-corrected chi connectivity index (χ3v) is 5.86. The predicted molar refractivity (Wildman–Crippen MR) is 110 cm³/mol. The van der Waals surface area contributed by atoms with Crippen molar-refractivity contribution in [2.45, 2.75) is 65.4 Å². The van der Waals surface area contributed by atoms with Gasteiger partial charge in [0.25, 0.3) is 5.91 Å². The zero-order valence-corrected chi connectivity index (χ0v) is 19.2. The lowest BCUT2D eigenvalue weighted by atomic mass is 9.72. The first-order chi connectivity index (χ1) is 15.2. The molecule has 1 N–H and O–H groups in total. The Hall–Kier alpha value is -2.85. The number of amides is 2. The fraction of sp³-hybridized carbons (Fsp3) is 0.522. The highest BCUT2D eigenvalue weighted by Crippen LogP contribution is 2.53. The summed E-state index contributed by atoms with van der Waals surface area (Å²) in [4.78, 5) is 39.8. The number of allylic oxidation sites excluding steroid dienone is 1. The molecule has 0 fully saturated rings. The first-order valence-corrected chi connectivity index (χ1v) is 10.4. The van der Waals surface area contributed by atoms with Crippen LogP contribution in [0, 0.1) is 10.8 Å². The van der Waals surface area contributed by atoms with Gasteiger partial charge in [-0.1, -0.05) is 40.7 Å². The number of ketones is 1. The summed E-state index contributed by atoms with van der Waals surface area (Å²) in [7, 11) is 0. The zero-order chi connectivity index (χ0) is 26.1. The van der Waals surface area contributed by atoms with Crippen LogP contribution in [0.4, 0.5) is 32.0 Å². The van der Waals surface area contributed by atoms with Gasteiger partial charge in [-0.05, 0) is 30.0 Å². The summed E-state index contributed by atoms with van der Waals surface area (Å²) in [5.41, 5.74) is -8.91. The smallest absolute Gasteiger partial charge is 0.330 e. The SMILES string of the molecule is CC1(C)CC(=O)C2=C(C1)N(c1cccc(C(F)(F)F)c1)C(=O)C2(NC(=O)C(C)(C)C)C(F)(F)F. The van der Waals surface area contributed by atoms with Gasteiger partial charge >= 0.3 is 12.4 Å². The van der Waals surface area contributed by atoms with E-state index in [1.807, 2.05) is 0 Å². The first-order valence-electron chi connectivity index (χ1n) is 10.4. The minimum Gasteiger partial charge on any atom is -0.330 e. The van der Waals surface area contributed by atoms with Crippen LogP contribution >= 0.6 is 0 Å². The van der Waals surface area contributed by atoms with Crippen molar-refractivity contribution in [1.29, 1.82) is 0 Å². The molecule has 1 aromatic rings. The summed E-state index contributed by atoms with van der Waals surface area (Å²) in [5.74, 6) is -3.89. The molecule has 0 saturated heterocycles. The predicted octanol–water partition coefficient (Wildman–Crippen LogP) is 5.16. The highest BCUT2D eigenvalue weighted by atomic mass is 19.4. The summed E-state index contributed by atoms with van der Waals surface area (Å²) in [6, 6.07) is 3.28. The molecule has 34 heavy (non-hydrogen) atoms. The minimum absolute atomic E-state index is 0.195. The van der Waals surface area contributed by atoms with Gasteiger partial charge in [0.2, 0.25) is 11.4 Å². The van der Waals surface area contributed by atoms with Crippen molar-refractivity contribution in [3.63, 3.8) is 0 Å². The maximum absolute atomic E-state index is 14.7. The molecule has 0 spiro atoms. The number of hydrogen-bond donors (Lipinski definition) is 1. The number of benzene rings is 1. The molecule has 2 amide bonds. The number of rotatable bonds is 2. The second-order valence-corrected chi connectivity index (χ2v) is 10.4. The van der Waals surface area contributed by atoms with Gasteiger partial charge < -0.3 is 5.32 Å². The molecule has 11 heteroatoms. The van der Waals surface area contributed by atoms with Gasteiger partial charge in [-0.2, -0.15) is 26.3 Å². The third kappa shape index (κ3) is 4.09. The number of halogens is 6. The van der Waals surface area contributed by atoms with E-state index in [1.165, 1.54) is 20.8 Å². The number of carbonyl (C=O) groups excluding carboxylic acids is 3. The molecule has 3 rings (SSSR count).